The molecule has 1 unspecified atom stereocenters. The maximum Gasteiger partial charge on any atom is 0.319 e. The summed E-state index contributed by atoms with van der Waals surface area (Å²) in [6.45, 7) is 7.64. The number of carbonyl (C=O) groups is 2. The molecule has 0 aliphatic rings. The summed E-state index contributed by atoms with van der Waals surface area (Å²) in [4.78, 5) is 24.5. The van der Waals surface area contributed by atoms with Gasteiger partial charge in [-0.3, -0.25) is 4.79 Å². The molecule has 0 radical (unpaired) electrons. The molecular formula is C22H25N3O3. The second kappa shape index (κ2) is 8.17. The van der Waals surface area contributed by atoms with Crippen LogP contribution in [0.5, 0.6) is 0 Å². The summed E-state index contributed by atoms with van der Waals surface area (Å²) in [5.41, 5.74) is 2.84. The maximum atomic E-state index is 12.7. The highest BCUT2D eigenvalue weighted by molar-refractivity contribution is 5.97. The lowest BCUT2D eigenvalue weighted by Crippen LogP contribution is -2.34. The van der Waals surface area contributed by atoms with Gasteiger partial charge in [-0.05, 0) is 52.0 Å². The molecule has 0 fully saturated rings. The van der Waals surface area contributed by atoms with Gasteiger partial charge in [0, 0.05) is 28.2 Å². The summed E-state index contributed by atoms with van der Waals surface area (Å²) in [5.74, 6) is 0.500. The fraction of sp³-hybridized carbons (Fsp3) is 0.273. The molecule has 1 atom stereocenters. The van der Waals surface area contributed by atoms with E-state index in [2.05, 4.69) is 16.0 Å². The first-order chi connectivity index (χ1) is 13.3. The maximum absolute atomic E-state index is 12.7. The van der Waals surface area contributed by atoms with Gasteiger partial charge in [0.1, 0.15) is 11.3 Å². The molecule has 0 spiro atoms. The van der Waals surface area contributed by atoms with Crippen LogP contribution in [-0.4, -0.2) is 18.0 Å². The fourth-order valence-electron chi connectivity index (χ4n) is 3.12. The number of urea groups is 1. The molecule has 3 N–H and O–H groups in total. The van der Waals surface area contributed by atoms with Crippen molar-refractivity contribution in [3.8, 4) is 0 Å². The van der Waals surface area contributed by atoms with E-state index >= 15 is 0 Å². The zero-order valence-electron chi connectivity index (χ0n) is 16.5. The van der Waals surface area contributed by atoms with Gasteiger partial charge in [0.2, 0.25) is 0 Å². The third kappa shape index (κ3) is 4.34. The van der Waals surface area contributed by atoms with Crippen molar-refractivity contribution in [2.24, 2.45) is 0 Å². The molecule has 3 aromatic rings. The quantitative estimate of drug-likeness (QED) is 0.597. The zero-order chi connectivity index (χ0) is 20.3. The molecule has 0 saturated carbocycles. The minimum atomic E-state index is -0.307. The number of aryl methyl sites for hydroxylation is 1. The summed E-state index contributed by atoms with van der Waals surface area (Å²) in [5, 5.41) is 9.49. The van der Waals surface area contributed by atoms with Crippen LogP contribution in [-0.2, 0) is 0 Å². The van der Waals surface area contributed by atoms with E-state index in [0.29, 0.717) is 11.3 Å². The number of benzene rings is 2. The average Bonchev–Trinajstić information content (AvgIpc) is 2.98. The number of carbonyl (C=O) groups excluding carboxylic acids is 2. The Kier molecular flexibility index (Phi) is 5.68. The largest absolute Gasteiger partial charge is 0.459 e. The van der Waals surface area contributed by atoms with E-state index in [-0.39, 0.29) is 24.0 Å². The van der Waals surface area contributed by atoms with Gasteiger partial charge in [-0.15, -0.1) is 0 Å². The molecule has 1 aromatic heterocycles. The van der Waals surface area contributed by atoms with E-state index in [0.717, 1.165) is 22.3 Å². The Hall–Kier alpha value is -3.28. The van der Waals surface area contributed by atoms with Crippen molar-refractivity contribution < 1.29 is 14.0 Å². The van der Waals surface area contributed by atoms with Gasteiger partial charge in [0.25, 0.3) is 5.91 Å². The van der Waals surface area contributed by atoms with Crippen molar-refractivity contribution >= 4 is 28.6 Å². The molecule has 0 aliphatic heterocycles. The van der Waals surface area contributed by atoms with E-state index in [4.69, 9.17) is 4.42 Å². The van der Waals surface area contributed by atoms with E-state index in [1.54, 1.807) is 24.3 Å². The highest BCUT2D eigenvalue weighted by Gasteiger charge is 2.19. The first kappa shape index (κ1) is 19.5. The molecule has 28 heavy (non-hydrogen) atoms. The number of para-hydroxylation sites is 1. The molecular weight excluding hydrogens is 354 g/mol. The topological polar surface area (TPSA) is 83.4 Å². The Morgan fingerprint density at radius 1 is 0.964 bits per heavy atom. The molecule has 3 rings (SSSR count). The Morgan fingerprint density at radius 3 is 2.43 bits per heavy atom. The van der Waals surface area contributed by atoms with Crippen LogP contribution in [0.4, 0.5) is 10.5 Å². The standard InChI is InChI=1S/C22H25N3O3/c1-13(2)23-22(27)25-17-9-7-8-16(12-17)21(26)24-15(4)20-14(3)18-10-5-6-11-19(18)28-20/h5-13,15H,1-4H3,(H,24,26)(H2,23,25,27). The van der Waals surface area contributed by atoms with Crippen molar-refractivity contribution in [2.45, 2.75) is 39.8 Å². The lowest BCUT2D eigenvalue weighted by molar-refractivity contribution is 0.0935. The first-order valence-corrected chi connectivity index (χ1v) is 9.31. The number of nitrogens with one attached hydrogen (secondary N) is 3. The van der Waals surface area contributed by atoms with Gasteiger partial charge in [-0.1, -0.05) is 24.3 Å². The highest BCUT2D eigenvalue weighted by Crippen LogP contribution is 2.29. The molecule has 0 bridgehead atoms. The Morgan fingerprint density at radius 2 is 1.71 bits per heavy atom. The van der Waals surface area contributed by atoms with Crippen LogP contribution in [0.1, 0.15) is 48.5 Å². The Balaban J connectivity index is 1.72. The Bertz CT molecular complexity index is 1010. The van der Waals surface area contributed by atoms with Crippen LogP contribution in [0.2, 0.25) is 0 Å². The van der Waals surface area contributed by atoms with Crippen molar-refractivity contribution in [2.75, 3.05) is 5.32 Å². The van der Waals surface area contributed by atoms with Crippen LogP contribution in [0, 0.1) is 6.92 Å². The van der Waals surface area contributed by atoms with Crippen LogP contribution >= 0.6 is 0 Å². The first-order valence-electron chi connectivity index (χ1n) is 9.31. The molecule has 6 nitrogen and oxygen atoms in total. The van der Waals surface area contributed by atoms with Crippen LogP contribution in [0.15, 0.2) is 52.9 Å². The average molecular weight is 379 g/mol. The minimum absolute atomic E-state index is 0.0272. The summed E-state index contributed by atoms with van der Waals surface area (Å²) in [6.07, 6.45) is 0. The predicted molar refractivity (Wildman–Crippen MR) is 111 cm³/mol. The van der Waals surface area contributed by atoms with Crippen LogP contribution in [0.3, 0.4) is 0 Å². The monoisotopic (exact) mass is 379 g/mol. The zero-order valence-corrected chi connectivity index (χ0v) is 16.5. The van der Waals surface area contributed by atoms with Crippen LogP contribution < -0.4 is 16.0 Å². The second-order valence-electron chi connectivity index (χ2n) is 7.12. The Labute approximate surface area is 164 Å². The lowest BCUT2D eigenvalue weighted by atomic mass is 10.1. The third-order valence-corrected chi connectivity index (χ3v) is 4.42. The number of hydrogen-bond acceptors (Lipinski definition) is 3. The number of anilines is 1. The SMILES string of the molecule is Cc1c(C(C)NC(=O)c2cccc(NC(=O)NC(C)C)c2)oc2ccccc12. The van der Waals surface area contributed by atoms with Gasteiger partial charge < -0.3 is 20.4 Å². The molecule has 6 heteroatoms. The van der Waals surface area contributed by atoms with Crippen molar-refractivity contribution in [3.63, 3.8) is 0 Å². The van der Waals surface area contributed by atoms with E-state index in [9.17, 15) is 9.59 Å². The summed E-state index contributed by atoms with van der Waals surface area (Å²) < 4.78 is 5.93. The van der Waals surface area contributed by atoms with Gasteiger partial charge in [0.05, 0.1) is 6.04 Å². The van der Waals surface area contributed by atoms with E-state index < -0.39 is 0 Å². The number of amides is 3. The van der Waals surface area contributed by atoms with Gasteiger partial charge in [0.15, 0.2) is 0 Å². The number of hydrogen-bond donors (Lipinski definition) is 3. The smallest absolute Gasteiger partial charge is 0.319 e. The number of rotatable bonds is 5. The second-order valence-corrected chi connectivity index (χ2v) is 7.12. The molecule has 0 aliphatic carbocycles. The van der Waals surface area contributed by atoms with Crippen molar-refractivity contribution in [1.29, 1.82) is 0 Å². The van der Waals surface area contributed by atoms with E-state index in [1.807, 2.05) is 52.0 Å². The minimum Gasteiger partial charge on any atom is -0.459 e. The molecule has 0 saturated heterocycles. The fourth-order valence-corrected chi connectivity index (χ4v) is 3.12. The molecule has 2 aromatic carbocycles. The van der Waals surface area contributed by atoms with Gasteiger partial charge in [-0.2, -0.15) is 0 Å². The van der Waals surface area contributed by atoms with E-state index in [1.165, 1.54) is 0 Å². The lowest BCUT2D eigenvalue weighted by Gasteiger charge is -2.14. The summed E-state index contributed by atoms with van der Waals surface area (Å²) >= 11 is 0. The van der Waals surface area contributed by atoms with Gasteiger partial charge in [-0.25, -0.2) is 4.79 Å². The summed E-state index contributed by atoms with van der Waals surface area (Å²) in [6, 6.07) is 14.1. The van der Waals surface area contributed by atoms with Crippen molar-refractivity contribution in [3.05, 3.63) is 65.4 Å². The molecule has 146 valence electrons. The highest BCUT2D eigenvalue weighted by atomic mass is 16.3. The normalized spacial score (nSPS) is 12.0. The molecule has 1 heterocycles. The number of furan rings is 1. The summed E-state index contributed by atoms with van der Waals surface area (Å²) in [7, 11) is 0. The number of fused-ring (bicyclic) bond motifs is 1. The molecule has 3 amide bonds. The van der Waals surface area contributed by atoms with Crippen molar-refractivity contribution in [1.82, 2.24) is 10.6 Å². The van der Waals surface area contributed by atoms with Gasteiger partial charge >= 0.3 is 6.03 Å². The third-order valence-electron chi connectivity index (χ3n) is 4.42. The van der Waals surface area contributed by atoms with Crippen LogP contribution in [0.25, 0.3) is 11.0 Å². The predicted octanol–water partition coefficient (Wildman–Crippen LogP) is 4.76.